The van der Waals surface area contributed by atoms with Crippen molar-refractivity contribution in [3.05, 3.63) is 29.8 Å². The van der Waals surface area contributed by atoms with Crippen LogP contribution in [0.4, 0.5) is 13.2 Å². The number of hydrogen-bond acceptors (Lipinski definition) is 3. The van der Waals surface area contributed by atoms with Crippen LogP contribution in [0.2, 0.25) is 0 Å². The Morgan fingerprint density at radius 3 is 2.71 bits per heavy atom. The second-order valence-corrected chi connectivity index (χ2v) is 5.34. The van der Waals surface area contributed by atoms with E-state index in [2.05, 4.69) is 9.64 Å². The lowest BCUT2D eigenvalue weighted by Crippen LogP contribution is -2.29. The molecule has 0 bridgehead atoms. The van der Waals surface area contributed by atoms with Gasteiger partial charge in [-0.1, -0.05) is 12.1 Å². The Balaban J connectivity index is 0.00000220. The first kappa shape index (κ1) is 18.1. The molecule has 1 fully saturated rings. The van der Waals surface area contributed by atoms with E-state index in [0.717, 1.165) is 25.1 Å². The summed E-state index contributed by atoms with van der Waals surface area (Å²) in [6.07, 6.45) is -3.61. The average molecular weight is 325 g/mol. The molecule has 0 spiro atoms. The summed E-state index contributed by atoms with van der Waals surface area (Å²) >= 11 is 0. The molecular formula is C14H20ClF3N2O. The van der Waals surface area contributed by atoms with Crippen molar-refractivity contribution >= 4 is 12.4 Å². The van der Waals surface area contributed by atoms with Gasteiger partial charge in [0.15, 0.2) is 0 Å². The number of nitrogens with zero attached hydrogens (tertiary/aromatic N) is 1. The van der Waals surface area contributed by atoms with Crippen LogP contribution >= 0.6 is 12.4 Å². The second kappa shape index (κ2) is 7.33. The van der Waals surface area contributed by atoms with Crippen LogP contribution in [-0.4, -0.2) is 30.4 Å². The van der Waals surface area contributed by atoms with E-state index in [0.29, 0.717) is 12.5 Å². The van der Waals surface area contributed by atoms with Crippen LogP contribution in [0, 0.1) is 5.92 Å². The normalized spacial score (nSPS) is 20.9. The number of likely N-dealkylation sites (tertiary alicyclic amines) is 1. The first-order valence-corrected chi connectivity index (χ1v) is 6.66. The van der Waals surface area contributed by atoms with E-state index >= 15 is 0 Å². The number of benzene rings is 1. The summed E-state index contributed by atoms with van der Waals surface area (Å²) in [4.78, 5) is 2.21. The van der Waals surface area contributed by atoms with E-state index < -0.39 is 6.36 Å². The molecule has 0 radical (unpaired) electrons. The molecule has 2 N–H and O–H groups in total. The Bertz CT molecular complexity index is 454. The highest BCUT2D eigenvalue weighted by Crippen LogP contribution is 2.25. The van der Waals surface area contributed by atoms with Crippen LogP contribution < -0.4 is 10.5 Å². The minimum atomic E-state index is -4.65. The van der Waals surface area contributed by atoms with E-state index in [1.165, 1.54) is 12.1 Å². The first-order chi connectivity index (χ1) is 9.33. The number of ether oxygens (including phenoxy) is 1. The highest BCUT2D eigenvalue weighted by molar-refractivity contribution is 5.85. The van der Waals surface area contributed by atoms with Crippen molar-refractivity contribution in [2.45, 2.75) is 32.3 Å². The van der Waals surface area contributed by atoms with Gasteiger partial charge in [0.05, 0.1) is 0 Å². The number of nitrogens with two attached hydrogens (primary N) is 1. The molecule has 0 aromatic heterocycles. The van der Waals surface area contributed by atoms with E-state index in [1.54, 1.807) is 6.07 Å². The van der Waals surface area contributed by atoms with Crippen molar-refractivity contribution in [1.29, 1.82) is 0 Å². The fourth-order valence-electron chi connectivity index (χ4n) is 2.53. The van der Waals surface area contributed by atoms with Gasteiger partial charge in [0, 0.05) is 19.1 Å². The summed E-state index contributed by atoms with van der Waals surface area (Å²) in [6.45, 7) is 4.43. The van der Waals surface area contributed by atoms with Crippen LogP contribution in [0.1, 0.15) is 18.9 Å². The van der Waals surface area contributed by atoms with Gasteiger partial charge in [-0.15, -0.1) is 25.6 Å². The molecule has 2 unspecified atom stereocenters. The molecule has 21 heavy (non-hydrogen) atoms. The smallest absolute Gasteiger partial charge is 0.406 e. The van der Waals surface area contributed by atoms with Crippen LogP contribution in [0.5, 0.6) is 5.75 Å². The van der Waals surface area contributed by atoms with Gasteiger partial charge in [-0.3, -0.25) is 4.90 Å². The summed E-state index contributed by atoms with van der Waals surface area (Å²) in [7, 11) is 0. The molecule has 3 nitrogen and oxygen atoms in total. The van der Waals surface area contributed by atoms with Crippen LogP contribution in [-0.2, 0) is 6.54 Å². The SMILES string of the molecule is CC(N)C1CCN(Cc2cccc(OC(F)(F)F)c2)C1.Cl. The number of rotatable bonds is 4. The molecule has 1 aromatic rings. The van der Waals surface area contributed by atoms with Crippen molar-refractivity contribution in [3.63, 3.8) is 0 Å². The summed E-state index contributed by atoms with van der Waals surface area (Å²) in [5.74, 6) is 0.294. The monoisotopic (exact) mass is 324 g/mol. The molecule has 0 aliphatic carbocycles. The average Bonchev–Trinajstić information content (AvgIpc) is 2.75. The van der Waals surface area contributed by atoms with Crippen molar-refractivity contribution in [2.75, 3.05) is 13.1 Å². The predicted molar refractivity (Wildman–Crippen MR) is 77.4 cm³/mol. The molecule has 1 heterocycles. The minimum absolute atomic E-state index is 0. The Kier molecular flexibility index (Phi) is 6.31. The van der Waals surface area contributed by atoms with E-state index in [9.17, 15) is 13.2 Å². The molecular weight excluding hydrogens is 305 g/mol. The van der Waals surface area contributed by atoms with Crippen molar-refractivity contribution in [1.82, 2.24) is 4.90 Å². The van der Waals surface area contributed by atoms with Gasteiger partial charge in [-0.2, -0.15) is 0 Å². The van der Waals surface area contributed by atoms with Gasteiger partial charge >= 0.3 is 6.36 Å². The molecule has 2 atom stereocenters. The highest BCUT2D eigenvalue weighted by Gasteiger charge is 2.31. The Morgan fingerprint density at radius 1 is 1.43 bits per heavy atom. The molecule has 1 saturated heterocycles. The zero-order chi connectivity index (χ0) is 14.8. The molecule has 120 valence electrons. The van der Waals surface area contributed by atoms with Crippen molar-refractivity contribution in [2.24, 2.45) is 11.7 Å². The van der Waals surface area contributed by atoms with Crippen LogP contribution in [0.3, 0.4) is 0 Å². The highest BCUT2D eigenvalue weighted by atomic mass is 35.5. The quantitative estimate of drug-likeness (QED) is 0.924. The van der Waals surface area contributed by atoms with E-state index in [1.807, 2.05) is 13.0 Å². The lowest BCUT2D eigenvalue weighted by Gasteiger charge is -2.18. The molecule has 2 rings (SSSR count). The minimum Gasteiger partial charge on any atom is -0.406 e. The van der Waals surface area contributed by atoms with E-state index in [4.69, 9.17) is 5.73 Å². The lowest BCUT2D eigenvalue weighted by atomic mass is 10.0. The molecule has 7 heteroatoms. The summed E-state index contributed by atoms with van der Waals surface area (Å²) in [5, 5.41) is 0. The standard InChI is InChI=1S/C14H19F3N2O.ClH/c1-10(18)12-5-6-19(9-12)8-11-3-2-4-13(7-11)20-14(15,16)17;/h2-4,7,10,12H,5-6,8-9,18H2,1H3;1H. The Labute approximate surface area is 128 Å². The summed E-state index contributed by atoms with van der Waals surface area (Å²) < 4.78 is 40.4. The zero-order valence-electron chi connectivity index (χ0n) is 11.8. The molecule has 1 aliphatic rings. The van der Waals surface area contributed by atoms with Gasteiger partial charge < -0.3 is 10.5 Å². The Morgan fingerprint density at radius 2 is 2.14 bits per heavy atom. The van der Waals surface area contributed by atoms with E-state index in [-0.39, 0.29) is 24.2 Å². The predicted octanol–water partition coefficient (Wildman–Crippen LogP) is 3.18. The lowest BCUT2D eigenvalue weighted by molar-refractivity contribution is -0.274. The van der Waals surface area contributed by atoms with Gasteiger partial charge in [-0.05, 0) is 43.5 Å². The third-order valence-electron chi connectivity index (χ3n) is 3.59. The summed E-state index contributed by atoms with van der Waals surface area (Å²) in [5.41, 5.74) is 6.69. The van der Waals surface area contributed by atoms with Gasteiger partial charge in [-0.25, -0.2) is 0 Å². The van der Waals surface area contributed by atoms with Gasteiger partial charge in [0.25, 0.3) is 0 Å². The Hall–Kier alpha value is -0.980. The number of alkyl halides is 3. The molecule has 1 aliphatic heterocycles. The van der Waals surface area contributed by atoms with Crippen LogP contribution in [0.25, 0.3) is 0 Å². The van der Waals surface area contributed by atoms with Gasteiger partial charge in [0.1, 0.15) is 5.75 Å². The fraction of sp³-hybridized carbons (Fsp3) is 0.571. The third-order valence-corrected chi connectivity index (χ3v) is 3.59. The topological polar surface area (TPSA) is 38.5 Å². The zero-order valence-corrected chi connectivity index (χ0v) is 12.6. The van der Waals surface area contributed by atoms with Crippen molar-refractivity contribution in [3.8, 4) is 5.75 Å². The number of halogens is 4. The maximum absolute atomic E-state index is 12.2. The van der Waals surface area contributed by atoms with Crippen LogP contribution in [0.15, 0.2) is 24.3 Å². The molecule has 0 amide bonds. The number of hydrogen-bond donors (Lipinski definition) is 1. The van der Waals surface area contributed by atoms with Crippen molar-refractivity contribution < 1.29 is 17.9 Å². The van der Waals surface area contributed by atoms with Gasteiger partial charge in [0.2, 0.25) is 0 Å². The second-order valence-electron chi connectivity index (χ2n) is 5.34. The molecule has 0 saturated carbocycles. The summed E-state index contributed by atoms with van der Waals surface area (Å²) in [6, 6.07) is 6.29. The largest absolute Gasteiger partial charge is 0.573 e. The maximum atomic E-state index is 12.2. The first-order valence-electron chi connectivity index (χ1n) is 6.66. The fourth-order valence-corrected chi connectivity index (χ4v) is 2.53. The maximum Gasteiger partial charge on any atom is 0.573 e. The molecule has 1 aromatic carbocycles. The third kappa shape index (κ3) is 5.73.